The molecule has 1 heterocycles. The van der Waals surface area contributed by atoms with E-state index >= 15 is 0 Å². The molecule has 0 spiro atoms. The summed E-state index contributed by atoms with van der Waals surface area (Å²) in [6.45, 7) is 0. The van der Waals surface area contributed by atoms with Crippen LogP contribution in [0.3, 0.4) is 0 Å². The minimum atomic E-state index is 0.612. The molecule has 0 atom stereocenters. The fourth-order valence-corrected chi connectivity index (χ4v) is 7.68. The predicted molar refractivity (Wildman–Crippen MR) is 225 cm³/mol. The lowest BCUT2D eigenvalue weighted by Crippen LogP contribution is -2.10. The topological polar surface area (TPSA) is 29.3 Å². The van der Waals surface area contributed by atoms with Gasteiger partial charge in [-0.05, 0) is 86.9 Å². The van der Waals surface area contributed by atoms with Gasteiger partial charge >= 0.3 is 0 Å². The first-order valence-corrected chi connectivity index (χ1v) is 18.3. The SMILES string of the molecule is c1ccc(-c2nc3c(-c4ccccc4)ccc(-c4ccc(N(c5ccc(-c6cccc7ccccc67)cc5)c5cccc6ccccc56)cc4)c3o2)cc1. The lowest BCUT2D eigenvalue weighted by atomic mass is 9.97. The second-order valence-corrected chi connectivity index (χ2v) is 13.5. The highest BCUT2D eigenvalue weighted by Crippen LogP contribution is 2.42. The smallest absolute Gasteiger partial charge is 0.227 e. The lowest BCUT2D eigenvalue weighted by Gasteiger charge is -2.27. The molecular weight excluding hydrogens is 657 g/mol. The molecule has 0 saturated carbocycles. The zero-order valence-electron chi connectivity index (χ0n) is 29.4. The van der Waals surface area contributed by atoms with Gasteiger partial charge in [0.15, 0.2) is 5.58 Å². The Morgan fingerprint density at radius 2 is 0.852 bits per heavy atom. The summed E-state index contributed by atoms with van der Waals surface area (Å²) < 4.78 is 6.62. The summed E-state index contributed by atoms with van der Waals surface area (Å²) in [6, 6.07) is 72.8. The molecule has 0 unspecified atom stereocenters. The van der Waals surface area contributed by atoms with Gasteiger partial charge in [-0.3, -0.25) is 0 Å². The first kappa shape index (κ1) is 31.5. The Labute approximate surface area is 314 Å². The quantitative estimate of drug-likeness (QED) is 0.167. The average molecular weight is 691 g/mol. The number of hydrogen-bond acceptors (Lipinski definition) is 3. The van der Waals surface area contributed by atoms with Crippen molar-refractivity contribution in [2.45, 2.75) is 0 Å². The minimum Gasteiger partial charge on any atom is -0.435 e. The van der Waals surface area contributed by atoms with Gasteiger partial charge in [-0.15, -0.1) is 0 Å². The van der Waals surface area contributed by atoms with E-state index in [1.165, 1.54) is 32.7 Å². The van der Waals surface area contributed by atoms with Gasteiger partial charge in [-0.25, -0.2) is 4.98 Å². The van der Waals surface area contributed by atoms with Crippen LogP contribution in [0.25, 0.3) is 77.5 Å². The van der Waals surface area contributed by atoms with Crippen molar-refractivity contribution >= 4 is 49.7 Å². The van der Waals surface area contributed by atoms with Crippen LogP contribution in [-0.4, -0.2) is 4.98 Å². The predicted octanol–water partition coefficient (Wildman–Crippen LogP) is 14.3. The molecule has 0 amide bonds. The molecule has 9 aromatic carbocycles. The van der Waals surface area contributed by atoms with Crippen molar-refractivity contribution in [2.75, 3.05) is 4.90 Å². The average Bonchev–Trinajstić information content (AvgIpc) is 3.71. The Bertz CT molecular complexity index is 2900. The summed E-state index contributed by atoms with van der Waals surface area (Å²) in [6.07, 6.45) is 0. The van der Waals surface area contributed by atoms with E-state index in [2.05, 4.69) is 175 Å². The number of rotatable bonds is 7. The van der Waals surface area contributed by atoms with Crippen LogP contribution in [0.15, 0.2) is 211 Å². The molecule has 1 aromatic heterocycles. The maximum absolute atomic E-state index is 6.62. The summed E-state index contributed by atoms with van der Waals surface area (Å²) in [7, 11) is 0. The number of benzene rings is 9. The number of nitrogens with zero attached hydrogens (tertiary/aromatic N) is 2. The van der Waals surface area contributed by atoms with Crippen molar-refractivity contribution in [1.29, 1.82) is 0 Å². The molecule has 3 heteroatoms. The van der Waals surface area contributed by atoms with E-state index < -0.39 is 0 Å². The van der Waals surface area contributed by atoms with E-state index in [-0.39, 0.29) is 0 Å². The number of anilines is 3. The zero-order chi connectivity index (χ0) is 35.8. The highest BCUT2D eigenvalue weighted by atomic mass is 16.3. The van der Waals surface area contributed by atoms with Crippen molar-refractivity contribution < 1.29 is 4.42 Å². The van der Waals surface area contributed by atoms with Crippen LogP contribution in [0.4, 0.5) is 17.1 Å². The number of hydrogen-bond donors (Lipinski definition) is 0. The largest absolute Gasteiger partial charge is 0.435 e. The molecule has 254 valence electrons. The van der Waals surface area contributed by atoms with Crippen LogP contribution < -0.4 is 4.90 Å². The third-order valence-electron chi connectivity index (χ3n) is 10.3. The molecule has 0 aliphatic carbocycles. The monoisotopic (exact) mass is 690 g/mol. The van der Waals surface area contributed by atoms with Crippen molar-refractivity contribution in [1.82, 2.24) is 4.98 Å². The van der Waals surface area contributed by atoms with Gasteiger partial charge in [0.1, 0.15) is 5.52 Å². The van der Waals surface area contributed by atoms with Crippen LogP contribution >= 0.6 is 0 Å². The van der Waals surface area contributed by atoms with E-state index in [1.54, 1.807) is 0 Å². The summed E-state index contributed by atoms with van der Waals surface area (Å²) in [5.41, 5.74) is 12.5. The Morgan fingerprint density at radius 1 is 0.352 bits per heavy atom. The molecule has 10 rings (SSSR count). The molecule has 0 aliphatic heterocycles. The van der Waals surface area contributed by atoms with Gasteiger partial charge in [0.05, 0.1) is 5.69 Å². The van der Waals surface area contributed by atoms with Gasteiger partial charge in [0.2, 0.25) is 5.89 Å². The van der Waals surface area contributed by atoms with Crippen molar-refractivity contribution in [3.05, 3.63) is 206 Å². The Morgan fingerprint density at radius 3 is 1.54 bits per heavy atom. The van der Waals surface area contributed by atoms with Crippen molar-refractivity contribution in [2.24, 2.45) is 0 Å². The second kappa shape index (κ2) is 13.4. The highest BCUT2D eigenvalue weighted by molar-refractivity contribution is 6.02. The first-order valence-electron chi connectivity index (χ1n) is 18.3. The molecule has 0 saturated heterocycles. The lowest BCUT2D eigenvalue weighted by molar-refractivity contribution is 0.621. The Balaban J connectivity index is 1.09. The summed E-state index contributed by atoms with van der Waals surface area (Å²) in [5, 5.41) is 4.88. The molecular formula is C51H34N2O. The number of fused-ring (bicyclic) bond motifs is 3. The van der Waals surface area contributed by atoms with Crippen LogP contribution in [0.5, 0.6) is 0 Å². The summed E-state index contributed by atoms with van der Waals surface area (Å²) in [5.74, 6) is 0.612. The maximum Gasteiger partial charge on any atom is 0.227 e. The van der Waals surface area contributed by atoms with Gasteiger partial charge in [-0.2, -0.15) is 0 Å². The number of aromatic nitrogens is 1. The van der Waals surface area contributed by atoms with E-state index in [0.29, 0.717) is 5.89 Å². The third-order valence-corrected chi connectivity index (χ3v) is 10.3. The van der Waals surface area contributed by atoms with Gasteiger partial charge in [0.25, 0.3) is 0 Å². The Kier molecular flexibility index (Phi) is 7.81. The van der Waals surface area contributed by atoms with Crippen LogP contribution in [0, 0.1) is 0 Å². The molecule has 0 radical (unpaired) electrons. The normalized spacial score (nSPS) is 11.3. The molecule has 10 aromatic rings. The zero-order valence-corrected chi connectivity index (χ0v) is 29.4. The van der Waals surface area contributed by atoms with Crippen molar-refractivity contribution in [3.8, 4) is 44.8 Å². The standard InChI is InChI=1S/C51H34N2O/c1-3-13-37(14-4-1)46-33-34-47(50-49(46)52-51(54-50)40-17-5-2-6-18-40)39-27-31-42(32-28-39)53(48-24-12-20-36-16-8-10-22-45(36)48)41-29-25-38(26-30-41)44-23-11-19-35-15-7-9-21-43(35)44/h1-34H. The van der Waals surface area contributed by atoms with E-state index in [1.807, 2.05) is 36.4 Å². The van der Waals surface area contributed by atoms with Gasteiger partial charge < -0.3 is 9.32 Å². The fourth-order valence-electron chi connectivity index (χ4n) is 7.68. The minimum absolute atomic E-state index is 0.612. The van der Waals surface area contributed by atoms with Gasteiger partial charge in [-0.1, -0.05) is 158 Å². The van der Waals surface area contributed by atoms with Crippen LogP contribution in [0.2, 0.25) is 0 Å². The van der Waals surface area contributed by atoms with Crippen molar-refractivity contribution in [3.63, 3.8) is 0 Å². The summed E-state index contributed by atoms with van der Waals surface area (Å²) >= 11 is 0. The molecule has 0 aliphatic rings. The van der Waals surface area contributed by atoms with E-state index in [4.69, 9.17) is 9.40 Å². The molecule has 0 N–H and O–H groups in total. The second-order valence-electron chi connectivity index (χ2n) is 13.5. The highest BCUT2D eigenvalue weighted by Gasteiger charge is 2.20. The van der Waals surface area contributed by atoms with Crippen LogP contribution in [-0.2, 0) is 0 Å². The Hall–Kier alpha value is -7.23. The summed E-state index contributed by atoms with van der Waals surface area (Å²) in [4.78, 5) is 7.43. The van der Waals surface area contributed by atoms with Gasteiger partial charge in [0, 0.05) is 33.5 Å². The maximum atomic E-state index is 6.62. The molecule has 3 nitrogen and oxygen atoms in total. The molecule has 54 heavy (non-hydrogen) atoms. The number of oxazole rings is 1. The van der Waals surface area contributed by atoms with Crippen LogP contribution in [0.1, 0.15) is 0 Å². The first-order chi connectivity index (χ1) is 26.8. The van der Waals surface area contributed by atoms with E-state index in [9.17, 15) is 0 Å². The fraction of sp³-hybridized carbons (Fsp3) is 0. The van der Waals surface area contributed by atoms with E-state index in [0.717, 1.165) is 56.0 Å². The third kappa shape index (κ3) is 5.60. The molecule has 0 fully saturated rings. The molecule has 0 bridgehead atoms.